The molecule has 4 heteroatoms. The third-order valence-corrected chi connectivity index (χ3v) is 2.37. The van der Waals surface area contributed by atoms with Crippen molar-refractivity contribution in [3.63, 3.8) is 0 Å². The Morgan fingerprint density at radius 1 is 0.947 bits per heavy atom. The van der Waals surface area contributed by atoms with E-state index in [1.54, 1.807) is 7.11 Å². The van der Waals surface area contributed by atoms with Gasteiger partial charge in [0, 0.05) is 12.2 Å². The third-order valence-electron chi connectivity index (χ3n) is 2.37. The average Bonchev–Trinajstić information content (AvgIpc) is 2.35. The molecule has 104 valence electrons. The molecule has 19 heavy (non-hydrogen) atoms. The highest BCUT2D eigenvalue weighted by molar-refractivity contribution is 6.51. The van der Waals surface area contributed by atoms with Gasteiger partial charge in [0.2, 0.25) is 0 Å². The lowest BCUT2D eigenvalue weighted by atomic mass is 9.87. The molecule has 0 unspecified atom stereocenters. The molecular weight excluding hydrogens is 239 g/mol. The minimum absolute atomic E-state index is 0.129. The van der Waals surface area contributed by atoms with Gasteiger partial charge < -0.3 is 14.0 Å². The Bertz CT molecular complexity index is 375. The van der Waals surface area contributed by atoms with E-state index in [-0.39, 0.29) is 19.3 Å². The average molecular weight is 262 g/mol. The van der Waals surface area contributed by atoms with Gasteiger partial charge in [0.15, 0.2) is 0 Å². The summed E-state index contributed by atoms with van der Waals surface area (Å²) in [5.74, 6) is 2.78. The number of ether oxygens (including phenoxy) is 1. The Morgan fingerprint density at radius 2 is 1.47 bits per heavy atom. The van der Waals surface area contributed by atoms with Crippen molar-refractivity contribution in [1.82, 2.24) is 0 Å². The Morgan fingerprint density at radius 3 is 1.89 bits per heavy atom. The smallest absolute Gasteiger partial charge is 0.486 e. The molecule has 0 aliphatic rings. The van der Waals surface area contributed by atoms with Crippen LogP contribution >= 0.6 is 0 Å². The minimum Gasteiger partial charge on any atom is -0.497 e. The molecule has 0 bridgehead atoms. The monoisotopic (exact) mass is 262 g/mol. The molecule has 0 aliphatic heterocycles. The van der Waals surface area contributed by atoms with Crippen molar-refractivity contribution >= 4 is 13.2 Å². The summed E-state index contributed by atoms with van der Waals surface area (Å²) in [5.41, 5.74) is 1.09. The Hall–Kier alpha value is -1.26. The minimum atomic E-state index is -0.317. The first kappa shape index (κ1) is 15.8. The van der Waals surface area contributed by atoms with Gasteiger partial charge >= 0.3 is 7.12 Å². The number of hydrogen-bond acceptors (Lipinski definition) is 3. The van der Waals surface area contributed by atoms with Crippen molar-refractivity contribution in [3.8, 4) is 5.75 Å². The molecule has 1 rings (SSSR count). The fraction of sp³-hybridized carbons (Fsp3) is 0.467. The van der Waals surface area contributed by atoms with Crippen LogP contribution in [0.2, 0.25) is 0 Å². The van der Waals surface area contributed by atoms with E-state index in [2.05, 4.69) is 0 Å². The number of benzene rings is 1. The molecule has 0 amide bonds. The number of methoxy groups -OCH3 is 1. The third kappa shape index (κ3) is 6.46. The summed E-state index contributed by atoms with van der Waals surface area (Å²) in [4.78, 5) is 0. The topological polar surface area (TPSA) is 27.7 Å². The second kappa shape index (κ2) is 8.02. The van der Waals surface area contributed by atoms with Gasteiger partial charge in [-0.15, -0.1) is 0 Å². The standard InChI is InChI=1S/C15H23BO3/c1-12(2)18-16(19-13(3)4)11-10-14-6-8-15(17-5)9-7-14/h6-13H,1-5H3/b11-10+. The summed E-state index contributed by atoms with van der Waals surface area (Å²) in [7, 11) is 1.34. The van der Waals surface area contributed by atoms with Crippen LogP contribution in [0.25, 0.3) is 6.08 Å². The van der Waals surface area contributed by atoms with Gasteiger partial charge in [0.05, 0.1) is 7.11 Å². The van der Waals surface area contributed by atoms with E-state index in [1.165, 1.54) is 0 Å². The van der Waals surface area contributed by atoms with Crippen molar-refractivity contribution in [3.05, 3.63) is 35.8 Å². The van der Waals surface area contributed by atoms with Gasteiger partial charge in [-0.2, -0.15) is 0 Å². The maximum absolute atomic E-state index is 5.69. The summed E-state index contributed by atoms with van der Waals surface area (Å²) >= 11 is 0. The summed E-state index contributed by atoms with van der Waals surface area (Å²) in [6, 6.07) is 7.86. The van der Waals surface area contributed by atoms with Gasteiger partial charge in [-0.1, -0.05) is 24.2 Å². The molecule has 0 aromatic heterocycles. The van der Waals surface area contributed by atoms with Crippen LogP contribution in [0.1, 0.15) is 33.3 Å². The van der Waals surface area contributed by atoms with Gasteiger partial charge in [-0.25, -0.2) is 0 Å². The fourth-order valence-electron chi connectivity index (χ4n) is 1.56. The van der Waals surface area contributed by atoms with Crippen LogP contribution in [0.3, 0.4) is 0 Å². The van der Waals surface area contributed by atoms with E-state index in [9.17, 15) is 0 Å². The molecule has 0 spiro atoms. The maximum atomic E-state index is 5.69. The summed E-state index contributed by atoms with van der Waals surface area (Å²) in [6.07, 6.45) is 2.25. The zero-order valence-corrected chi connectivity index (χ0v) is 12.4. The quantitative estimate of drug-likeness (QED) is 0.703. The highest BCUT2D eigenvalue weighted by atomic mass is 16.6. The van der Waals surface area contributed by atoms with Crippen molar-refractivity contribution in [2.24, 2.45) is 0 Å². The van der Waals surface area contributed by atoms with Gasteiger partial charge in [-0.3, -0.25) is 0 Å². The number of hydrogen-bond donors (Lipinski definition) is 0. The molecule has 0 radical (unpaired) electrons. The maximum Gasteiger partial charge on any atom is 0.486 e. The predicted molar refractivity (Wildman–Crippen MR) is 80.2 cm³/mol. The normalized spacial score (nSPS) is 11.5. The molecule has 0 fully saturated rings. The molecule has 3 nitrogen and oxygen atoms in total. The first-order valence-corrected chi connectivity index (χ1v) is 6.64. The molecule has 1 aromatic rings. The fourth-order valence-corrected chi connectivity index (χ4v) is 1.56. The van der Waals surface area contributed by atoms with E-state index >= 15 is 0 Å². The van der Waals surface area contributed by atoms with E-state index in [0.717, 1.165) is 11.3 Å². The molecule has 0 atom stereocenters. The number of rotatable bonds is 7. The van der Waals surface area contributed by atoms with E-state index < -0.39 is 0 Å². The second-order valence-corrected chi connectivity index (χ2v) is 4.87. The van der Waals surface area contributed by atoms with Crippen LogP contribution in [0, 0.1) is 0 Å². The molecule has 0 N–H and O–H groups in total. The molecule has 0 aliphatic carbocycles. The lowest BCUT2D eigenvalue weighted by molar-refractivity contribution is 0.138. The van der Waals surface area contributed by atoms with Crippen LogP contribution in [-0.2, 0) is 9.31 Å². The highest BCUT2D eigenvalue weighted by Gasteiger charge is 2.17. The van der Waals surface area contributed by atoms with E-state index in [1.807, 2.05) is 64.0 Å². The van der Waals surface area contributed by atoms with Crippen LogP contribution in [0.4, 0.5) is 0 Å². The highest BCUT2D eigenvalue weighted by Crippen LogP contribution is 2.13. The van der Waals surface area contributed by atoms with Crippen LogP contribution < -0.4 is 4.74 Å². The Kier molecular flexibility index (Phi) is 6.67. The molecular formula is C15H23BO3. The Balaban J connectivity index is 2.67. The summed E-state index contributed by atoms with van der Waals surface area (Å²) in [5, 5.41) is 0. The summed E-state index contributed by atoms with van der Waals surface area (Å²) in [6.45, 7) is 7.99. The van der Waals surface area contributed by atoms with Crippen LogP contribution in [0.5, 0.6) is 5.75 Å². The van der Waals surface area contributed by atoms with E-state index in [4.69, 9.17) is 14.0 Å². The lowest BCUT2D eigenvalue weighted by Gasteiger charge is -2.16. The molecule has 0 heterocycles. The first-order valence-electron chi connectivity index (χ1n) is 6.64. The van der Waals surface area contributed by atoms with Crippen molar-refractivity contribution in [2.75, 3.05) is 7.11 Å². The lowest BCUT2D eigenvalue weighted by Crippen LogP contribution is -2.27. The zero-order valence-electron chi connectivity index (χ0n) is 12.4. The molecule has 0 saturated heterocycles. The summed E-state index contributed by atoms with van der Waals surface area (Å²) < 4.78 is 16.5. The van der Waals surface area contributed by atoms with Crippen molar-refractivity contribution in [1.29, 1.82) is 0 Å². The SMILES string of the molecule is COc1ccc(/C=C/B(OC(C)C)OC(C)C)cc1. The van der Waals surface area contributed by atoms with Gasteiger partial charge in [-0.05, 0) is 45.4 Å². The second-order valence-electron chi connectivity index (χ2n) is 4.87. The molecule has 1 aromatic carbocycles. The molecule has 0 saturated carbocycles. The van der Waals surface area contributed by atoms with Crippen molar-refractivity contribution < 1.29 is 14.0 Å². The van der Waals surface area contributed by atoms with Crippen molar-refractivity contribution in [2.45, 2.75) is 39.9 Å². The zero-order chi connectivity index (χ0) is 14.3. The Labute approximate surface area is 116 Å². The van der Waals surface area contributed by atoms with E-state index in [0.29, 0.717) is 0 Å². The van der Waals surface area contributed by atoms with Crippen LogP contribution in [0.15, 0.2) is 30.2 Å². The first-order chi connectivity index (χ1) is 9.01. The predicted octanol–water partition coefficient (Wildman–Crippen LogP) is 3.59. The van der Waals surface area contributed by atoms with Crippen LogP contribution in [-0.4, -0.2) is 26.4 Å². The van der Waals surface area contributed by atoms with Gasteiger partial charge in [0.1, 0.15) is 5.75 Å². The largest absolute Gasteiger partial charge is 0.497 e. The van der Waals surface area contributed by atoms with Gasteiger partial charge in [0.25, 0.3) is 0 Å².